The second-order valence-electron chi connectivity index (χ2n) is 4.62. The molecule has 0 aromatic heterocycles. The Kier molecular flexibility index (Phi) is 2.95. The van der Waals surface area contributed by atoms with E-state index >= 15 is 0 Å². The van der Waals surface area contributed by atoms with Crippen molar-refractivity contribution in [3.8, 4) is 0 Å². The lowest BCUT2D eigenvalue weighted by Gasteiger charge is -2.23. The Labute approximate surface area is 117 Å². The summed E-state index contributed by atoms with van der Waals surface area (Å²) in [7, 11) is 0. The maximum atomic E-state index is 12.4. The molecule has 98 valence electrons. The van der Waals surface area contributed by atoms with Crippen LogP contribution in [0.5, 0.6) is 0 Å². The molecule has 0 bridgehead atoms. The van der Waals surface area contributed by atoms with E-state index in [0.29, 0.717) is 11.1 Å². The van der Waals surface area contributed by atoms with E-state index in [1.807, 2.05) is 30.3 Å². The minimum atomic E-state index is -0.441. The van der Waals surface area contributed by atoms with Gasteiger partial charge in [-0.05, 0) is 17.7 Å². The third-order valence-corrected chi connectivity index (χ3v) is 3.47. The van der Waals surface area contributed by atoms with Crippen LogP contribution in [0.1, 0.15) is 32.3 Å². The summed E-state index contributed by atoms with van der Waals surface area (Å²) in [4.78, 5) is 26.1. The molecular formula is C17H13NO2. The smallest absolute Gasteiger partial charge is 0.262 e. The van der Waals surface area contributed by atoms with Crippen LogP contribution < -0.4 is 0 Å². The summed E-state index contributed by atoms with van der Waals surface area (Å²) < 4.78 is 0. The summed E-state index contributed by atoms with van der Waals surface area (Å²) in [6.45, 7) is 3.77. The summed E-state index contributed by atoms with van der Waals surface area (Å²) >= 11 is 0. The first-order valence-electron chi connectivity index (χ1n) is 6.38. The van der Waals surface area contributed by atoms with Crippen molar-refractivity contribution in [1.29, 1.82) is 0 Å². The molecule has 0 saturated heterocycles. The van der Waals surface area contributed by atoms with Crippen molar-refractivity contribution in [2.24, 2.45) is 0 Å². The molecule has 0 aliphatic carbocycles. The Morgan fingerprint density at radius 3 is 1.85 bits per heavy atom. The van der Waals surface area contributed by atoms with Gasteiger partial charge in [0, 0.05) is 0 Å². The van der Waals surface area contributed by atoms with Gasteiger partial charge in [0.05, 0.1) is 17.2 Å². The Balaban J connectivity index is 2.06. The fourth-order valence-corrected chi connectivity index (χ4v) is 2.50. The van der Waals surface area contributed by atoms with Gasteiger partial charge in [-0.1, -0.05) is 48.5 Å². The van der Waals surface area contributed by atoms with Gasteiger partial charge >= 0.3 is 0 Å². The van der Waals surface area contributed by atoms with Crippen LogP contribution in [-0.2, 0) is 0 Å². The Hall–Kier alpha value is -2.68. The molecule has 0 spiro atoms. The van der Waals surface area contributed by atoms with E-state index in [2.05, 4.69) is 6.58 Å². The molecule has 20 heavy (non-hydrogen) atoms. The van der Waals surface area contributed by atoms with Crippen LogP contribution in [0.2, 0.25) is 0 Å². The van der Waals surface area contributed by atoms with Crippen LogP contribution in [0, 0.1) is 0 Å². The van der Waals surface area contributed by atoms with Crippen molar-refractivity contribution in [3.05, 3.63) is 83.9 Å². The number of hydrogen-bond donors (Lipinski definition) is 0. The highest BCUT2D eigenvalue weighted by Gasteiger charge is 2.39. The average Bonchev–Trinajstić information content (AvgIpc) is 2.75. The van der Waals surface area contributed by atoms with Gasteiger partial charge in [0.25, 0.3) is 11.8 Å². The zero-order valence-electron chi connectivity index (χ0n) is 10.8. The minimum absolute atomic E-state index is 0.264. The molecule has 2 aromatic rings. The number of benzene rings is 2. The van der Waals surface area contributed by atoms with E-state index in [-0.39, 0.29) is 11.8 Å². The first-order chi connectivity index (χ1) is 9.74. The first-order valence-corrected chi connectivity index (χ1v) is 6.38. The molecule has 1 atom stereocenters. The normalized spacial score (nSPS) is 15.1. The summed E-state index contributed by atoms with van der Waals surface area (Å²) in [5, 5.41) is 0. The minimum Gasteiger partial charge on any atom is -0.269 e. The van der Waals surface area contributed by atoms with Gasteiger partial charge in [-0.15, -0.1) is 6.58 Å². The zero-order valence-corrected chi connectivity index (χ0v) is 10.8. The van der Waals surface area contributed by atoms with Crippen LogP contribution in [-0.4, -0.2) is 16.7 Å². The van der Waals surface area contributed by atoms with E-state index in [0.717, 1.165) is 5.56 Å². The number of hydrogen-bond acceptors (Lipinski definition) is 2. The average molecular weight is 263 g/mol. The lowest BCUT2D eigenvalue weighted by molar-refractivity contribution is 0.0614. The van der Waals surface area contributed by atoms with E-state index in [4.69, 9.17) is 0 Å². The molecule has 0 fully saturated rings. The molecule has 2 aromatic carbocycles. The Morgan fingerprint density at radius 1 is 0.850 bits per heavy atom. The number of rotatable bonds is 3. The van der Waals surface area contributed by atoms with Crippen molar-refractivity contribution in [1.82, 2.24) is 4.90 Å². The third kappa shape index (κ3) is 1.75. The molecule has 3 heteroatoms. The van der Waals surface area contributed by atoms with Gasteiger partial charge in [0.1, 0.15) is 0 Å². The topological polar surface area (TPSA) is 37.4 Å². The fourth-order valence-electron chi connectivity index (χ4n) is 2.50. The molecule has 1 unspecified atom stereocenters. The Bertz CT molecular complexity index is 656. The van der Waals surface area contributed by atoms with Gasteiger partial charge in [-0.25, -0.2) is 0 Å². The lowest BCUT2D eigenvalue weighted by atomic mass is 10.1. The number of amides is 2. The highest BCUT2D eigenvalue weighted by Crippen LogP contribution is 2.31. The molecule has 1 aliphatic rings. The van der Waals surface area contributed by atoms with Gasteiger partial charge in [0.15, 0.2) is 0 Å². The van der Waals surface area contributed by atoms with Crippen molar-refractivity contribution < 1.29 is 9.59 Å². The van der Waals surface area contributed by atoms with E-state index in [1.165, 1.54) is 4.90 Å². The molecule has 1 heterocycles. The Morgan fingerprint density at radius 2 is 1.35 bits per heavy atom. The summed E-state index contributed by atoms with van der Waals surface area (Å²) in [5.74, 6) is -0.529. The lowest BCUT2D eigenvalue weighted by Crippen LogP contribution is -2.33. The van der Waals surface area contributed by atoms with Crippen molar-refractivity contribution in [3.63, 3.8) is 0 Å². The van der Waals surface area contributed by atoms with Gasteiger partial charge < -0.3 is 0 Å². The largest absolute Gasteiger partial charge is 0.269 e. The summed E-state index contributed by atoms with van der Waals surface area (Å²) in [6, 6.07) is 15.9. The van der Waals surface area contributed by atoms with Crippen molar-refractivity contribution >= 4 is 11.8 Å². The van der Waals surface area contributed by atoms with Crippen LogP contribution in [0.3, 0.4) is 0 Å². The molecule has 0 N–H and O–H groups in total. The zero-order chi connectivity index (χ0) is 14.1. The van der Waals surface area contributed by atoms with Gasteiger partial charge in [-0.2, -0.15) is 0 Å². The van der Waals surface area contributed by atoms with E-state index in [9.17, 15) is 9.59 Å². The maximum absolute atomic E-state index is 12.4. The molecule has 3 nitrogen and oxygen atoms in total. The van der Waals surface area contributed by atoms with Crippen molar-refractivity contribution in [2.75, 3.05) is 0 Å². The molecular weight excluding hydrogens is 250 g/mol. The number of nitrogens with zero attached hydrogens (tertiary/aromatic N) is 1. The van der Waals surface area contributed by atoms with Crippen LogP contribution >= 0.6 is 0 Å². The first kappa shape index (κ1) is 12.4. The van der Waals surface area contributed by atoms with Crippen LogP contribution in [0.25, 0.3) is 0 Å². The van der Waals surface area contributed by atoms with Gasteiger partial charge in [0.2, 0.25) is 0 Å². The maximum Gasteiger partial charge on any atom is 0.262 e. The van der Waals surface area contributed by atoms with E-state index in [1.54, 1.807) is 30.3 Å². The number of carbonyl (C=O) groups is 2. The quantitative estimate of drug-likeness (QED) is 0.630. The second-order valence-corrected chi connectivity index (χ2v) is 4.62. The molecule has 2 amide bonds. The van der Waals surface area contributed by atoms with Gasteiger partial charge in [-0.3, -0.25) is 14.5 Å². The standard InChI is InChI=1S/C17H13NO2/c1-2-15(12-8-4-3-5-9-12)18-16(19)13-10-6-7-11-14(13)17(18)20/h2-11,15H,1H2. The number of fused-ring (bicyclic) bond motifs is 1. The van der Waals surface area contributed by atoms with Crippen LogP contribution in [0.4, 0.5) is 0 Å². The summed E-state index contributed by atoms with van der Waals surface area (Å²) in [6.07, 6.45) is 1.62. The summed E-state index contributed by atoms with van der Waals surface area (Å²) in [5.41, 5.74) is 1.79. The molecule has 0 saturated carbocycles. The molecule has 3 rings (SSSR count). The fraction of sp³-hybridized carbons (Fsp3) is 0.0588. The third-order valence-electron chi connectivity index (χ3n) is 3.47. The SMILES string of the molecule is C=CC(c1ccccc1)N1C(=O)c2ccccc2C1=O. The number of imide groups is 1. The van der Waals surface area contributed by atoms with Crippen LogP contribution in [0.15, 0.2) is 67.3 Å². The highest BCUT2D eigenvalue weighted by atomic mass is 16.2. The second kappa shape index (κ2) is 4.78. The predicted octanol–water partition coefficient (Wildman–Crippen LogP) is 3.21. The molecule has 1 aliphatic heterocycles. The predicted molar refractivity (Wildman–Crippen MR) is 76.3 cm³/mol. The monoisotopic (exact) mass is 263 g/mol. The van der Waals surface area contributed by atoms with E-state index < -0.39 is 6.04 Å². The van der Waals surface area contributed by atoms with Crippen molar-refractivity contribution in [2.45, 2.75) is 6.04 Å². The number of carbonyl (C=O) groups excluding carboxylic acids is 2. The highest BCUT2D eigenvalue weighted by molar-refractivity contribution is 6.21. The molecule has 0 radical (unpaired) electrons.